The van der Waals surface area contributed by atoms with Gasteiger partial charge >= 0.3 is 0 Å². The zero-order chi connectivity index (χ0) is 20.2. The molecule has 0 saturated carbocycles. The largest absolute Gasteiger partial charge is 0.497 e. The van der Waals surface area contributed by atoms with Gasteiger partial charge < -0.3 is 14.2 Å². The highest BCUT2D eigenvalue weighted by Crippen LogP contribution is 2.19. The van der Waals surface area contributed by atoms with E-state index in [-0.39, 0.29) is 11.7 Å². The average Bonchev–Trinajstić information content (AvgIpc) is 3.23. The zero-order valence-electron chi connectivity index (χ0n) is 16.0. The molecule has 1 amide bonds. The molecule has 2 heterocycles. The number of piperazine rings is 1. The van der Waals surface area contributed by atoms with Crippen LogP contribution in [0.25, 0.3) is 11.5 Å². The Labute approximate surface area is 167 Å². The molecule has 1 fully saturated rings. The van der Waals surface area contributed by atoms with E-state index in [0.717, 1.165) is 13.1 Å². The molecular weight excluding hydrogens is 375 g/mol. The standard InChI is InChI=1S/C21H21FN4O3/c1-28-18-4-2-3-16(13-18)21(27)26-11-9-25(10-12-26)14-19-23-20(29-24-19)15-5-7-17(22)8-6-15/h2-8,13H,9-12,14H2,1H3. The molecule has 4 rings (SSSR count). The predicted molar refractivity (Wildman–Crippen MR) is 104 cm³/mol. The third-order valence-corrected chi connectivity index (χ3v) is 4.90. The van der Waals surface area contributed by atoms with Gasteiger partial charge in [-0.05, 0) is 42.5 Å². The molecule has 0 atom stereocenters. The van der Waals surface area contributed by atoms with Crippen LogP contribution in [0.5, 0.6) is 5.75 Å². The molecule has 1 saturated heterocycles. The number of methoxy groups -OCH3 is 1. The summed E-state index contributed by atoms with van der Waals surface area (Å²) >= 11 is 0. The Morgan fingerprint density at radius 1 is 1.14 bits per heavy atom. The maximum atomic E-state index is 13.0. The molecule has 8 heteroatoms. The molecule has 2 aromatic carbocycles. The van der Waals surface area contributed by atoms with Gasteiger partial charge in [-0.25, -0.2) is 4.39 Å². The summed E-state index contributed by atoms with van der Waals surface area (Å²) in [5.74, 6) is 1.30. The monoisotopic (exact) mass is 396 g/mol. The summed E-state index contributed by atoms with van der Waals surface area (Å²) in [6.45, 7) is 3.22. The minimum atomic E-state index is -0.310. The second-order valence-corrected chi connectivity index (χ2v) is 6.82. The fourth-order valence-electron chi connectivity index (χ4n) is 3.28. The molecule has 0 bridgehead atoms. The fraction of sp³-hybridized carbons (Fsp3) is 0.286. The Hall–Kier alpha value is -3.26. The first-order valence-corrected chi connectivity index (χ1v) is 9.36. The van der Waals surface area contributed by atoms with E-state index >= 15 is 0 Å². The van der Waals surface area contributed by atoms with E-state index in [4.69, 9.17) is 9.26 Å². The highest BCUT2D eigenvalue weighted by atomic mass is 19.1. The number of hydrogen-bond acceptors (Lipinski definition) is 6. The molecule has 150 valence electrons. The van der Waals surface area contributed by atoms with Crippen molar-refractivity contribution in [1.29, 1.82) is 0 Å². The molecule has 1 aromatic heterocycles. The molecule has 0 spiro atoms. The van der Waals surface area contributed by atoms with Crippen molar-refractivity contribution < 1.29 is 18.4 Å². The van der Waals surface area contributed by atoms with Crippen LogP contribution in [0, 0.1) is 5.82 Å². The van der Waals surface area contributed by atoms with Crippen LogP contribution >= 0.6 is 0 Å². The Morgan fingerprint density at radius 3 is 2.62 bits per heavy atom. The number of nitrogens with zero attached hydrogens (tertiary/aromatic N) is 4. The summed E-state index contributed by atoms with van der Waals surface area (Å²) < 4.78 is 23.5. The number of carbonyl (C=O) groups is 1. The summed E-state index contributed by atoms with van der Waals surface area (Å²) in [5.41, 5.74) is 1.30. The van der Waals surface area contributed by atoms with Crippen molar-refractivity contribution in [1.82, 2.24) is 19.9 Å². The lowest BCUT2D eigenvalue weighted by atomic mass is 10.1. The molecule has 7 nitrogen and oxygen atoms in total. The van der Waals surface area contributed by atoms with E-state index in [2.05, 4.69) is 15.0 Å². The van der Waals surface area contributed by atoms with E-state index < -0.39 is 0 Å². The number of amides is 1. The summed E-state index contributed by atoms with van der Waals surface area (Å²) in [6, 6.07) is 13.1. The van der Waals surface area contributed by atoms with Gasteiger partial charge in [0.15, 0.2) is 5.82 Å². The maximum Gasteiger partial charge on any atom is 0.257 e. The molecule has 0 radical (unpaired) electrons. The highest BCUT2D eigenvalue weighted by molar-refractivity contribution is 5.94. The van der Waals surface area contributed by atoms with Crippen molar-refractivity contribution in [2.45, 2.75) is 6.54 Å². The summed E-state index contributed by atoms with van der Waals surface area (Å²) in [5, 5.41) is 4.01. The second kappa shape index (κ2) is 8.40. The van der Waals surface area contributed by atoms with Crippen LogP contribution in [0.1, 0.15) is 16.2 Å². The molecule has 1 aliphatic heterocycles. The summed E-state index contributed by atoms with van der Waals surface area (Å²) in [6.07, 6.45) is 0. The lowest BCUT2D eigenvalue weighted by Crippen LogP contribution is -2.48. The molecule has 1 aliphatic rings. The van der Waals surface area contributed by atoms with Gasteiger partial charge in [-0.2, -0.15) is 4.98 Å². The van der Waals surface area contributed by atoms with Crippen LogP contribution in [0.2, 0.25) is 0 Å². The van der Waals surface area contributed by atoms with Crippen molar-refractivity contribution >= 4 is 5.91 Å². The third-order valence-electron chi connectivity index (χ3n) is 4.90. The number of rotatable bonds is 5. The van der Waals surface area contributed by atoms with Crippen molar-refractivity contribution in [3.63, 3.8) is 0 Å². The lowest BCUT2D eigenvalue weighted by molar-refractivity contribution is 0.0624. The van der Waals surface area contributed by atoms with Crippen LogP contribution in [0.15, 0.2) is 53.1 Å². The van der Waals surface area contributed by atoms with Crippen LogP contribution < -0.4 is 4.74 Å². The minimum Gasteiger partial charge on any atom is -0.497 e. The first-order valence-electron chi connectivity index (χ1n) is 9.36. The van der Waals surface area contributed by atoms with Gasteiger partial charge in [0.2, 0.25) is 0 Å². The minimum absolute atomic E-state index is 0.00158. The number of carbonyl (C=O) groups excluding carboxylic acids is 1. The third kappa shape index (κ3) is 4.43. The maximum absolute atomic E-state index is 13.0. The normalized spacial score (nSPS) is 14.8. The van der Waals surface area contributed by atoms with Crippen LogP contribution in [0.3, 0.4) is 0 Å². The van der Waals surface area contributed by atoms with Crippen molar-refractivity contribution in [2.24, 2.45) is 0 Å². The van der Waals surface area contributed by atoms with Gasteiger partial charge in [-0.15, -0.1) is 0 Å². The van der Waals surface area contributed by atoms with E-state index in [1.165, 1.54) is 12.1 Å². The van der Waals surface area contributed by atoms with Gasteiger partial charge in [0.1, 0.15) is 11.6 Å². The predicted octanol–water partition coefficient (Wildman–Crippen LogP) is 2.84. The van der Waals surface area contributed by atoms with Gasteiger partial charge in [-0.3, -0.25) is 9.69 Å². The lowest BCUT2D eigenvalue weighted by Gasteiger charge is -2.34. The topological polar surface area (TPSA) is 71.7 Å². The Kier molecular flexibility index (Phi) is 5.53. The van der Waals surface area contributed by atoms with Gasteiger partial charge in [0.05, 0.1) is 13.7 Å². The quantitative estimate of drug-likeness (QED) is 0.660. The first-order chi connectivity index (χ1) is 14.1. The molecular formula is C21H21FN4O3. The zero-order valence-corrected chi connectivity index (χ0v) is 16.0. The van der Waals surface area contributed by atoms with Crippen LogP contribution in [0.4, 0.5) is 4.39 Å². The Bertz CT molecular complexity index is 982. The van der Waals surface area contributed by atoms with Gasteiger partial charge in [0, 0.05) is 37.3 Å². The molecule has 3 aromatic rings. The Morgan fingerprint density at radius 2 is 1.90 bits per heavy atom. The SMILES string of the molecule is COc1cccc(C(=O)N2CCN(Cc3noc(-c4ccc(F)cc4)n3)CC2)c1. The van der Waals surface area contributed by atoms with E-state index in [0.29, 0.717) is 48.2 Å². The second-order valence-electron chi connectivity index (χ2n) is 6.82. The molecule has 0 unspecified atom stereocenters. The summed E-state index contributed by atoms with van der Waals surface area (Å²) in [4.78, 5) is 21.1. The Balaban J connectivity index is 1.33. The van der Waals surface area contributed by atoms with Crippen molar-refractivity contribution in [3.8, 4) is 17.2 Å². The fourth-order valence-corrected chi connectivity index (χ4v) is 3.28. The van der Waals surface area contributed by atoms with E-state index in [1.807, 2.05) is 17.0 Å². The number of aromatic nitrogens is 2. The number of ether oxygens (including phenoxy) is 1. The smallest absolute Gasteiger partial charge is 0.257 e. The van der Waals surface area contributed by atoms with E-state index in [9.17, 15) is 9.18 Å². The van der Waals surface area contributed by atoms with Crippen LogP contribution in [-0.4, -0.2) is 59.1 Å². The van der Waals surface area contributed by atoms with Crippen molar-refractivity contribution in [3.05, 3.63) is 65.7 Å². The number of benzene rings is 2. The number of halogens is 1. The molecule has 29 heavy (non-hydrogen) atoms. The first kappa shape index (κ1) is 19.1. The van der Waals surface area contributed by atoms with Gasteiger partial charge in [0.25, 0.3) is 11.8 Å². The number of hydrogen-bond donors (Lipinski definition) is 0. The summed E-state index contributed by atoms with van der Waals surface area (Å²) in [7, 11) is 1.59. The van der Waals surface area contributed by atoms with Crippen molar-refractivity contribution in [2.75, 3.05) is 33.3 Å². The molecule has 0 aliphatic carbocycles. The highest BCUT2D eigenvalue weighted by Gasteiger charge is 2.23. The molecule has 0 N–H and O–H groups in total. The van der Waals surface area contributed by atoms with E-state index in [1.54, 1.807) is 31.4 Å². The van der Waals surface area contributed by atoms with Gasteiger partial charge in [-0.1, -0.05) is 11.2 Å². The van der Waals surface area contributed by atoms with Crippen LogP contribution in [-0.2, 0) is 6.54 Å². The average molecular weight is 396 g/mol.